The first-order valence-electron chi connectivity index (χ1n) is 41.4. The van der Waals surface area contributed by atoms with Crippen LogP contribution in [0.2, 0.25) is 0 Å². The van der Waals surface area contributed by atoms with Gasteiger partial charge in [0.05, 0.1) is 113 Å². The summed E-state index contributed by atoms with van der Waals surface area (Å²) in [6, 6.07) is 25.2. The Morgan fingerprint density at radius 3 is 1.37 bits per heavy atom. The lowest BCUT2D eigenvalue weighted by atomic mass is 10.0. The van der Waals surface area contributed by atoms with Gasteiger partial charge in [0.15, 0.2) is 11.0 Å². The van der Waals surface area contributed by atoms with Crippen LogP contribution in [0.1, 0.15) is 158 Å². The number of fused-ring (bicyclic) bond motifs is 8. The maximum atomic E-state index is 13.7. The average molecular weight is 1730 g/mol. The van der Waals surface area contributed by atoms with Crippen LogP contribution in [0.5, 0.6) is 0 Å². The van der Waals surface area contributed by atoms with Gasteiger partial charge in [-0.3, -0.25) is 75.5 Å². The Balaban J connectivity index is 0.000000136. The maximum absolute atomic E-state index is 13.7. The molecule has 1 fully saturated rings. The lowest BCUT2D eigenvalue weighted by Crippen LogP contribution is -2.44. The molecule has 1 aliphatic rings. The van der Waals surface area contributed by atoms with Crippen LogP contribution in [0.25, 0.3) is 86.7 Å². The van der Waals surface area contributed by atoms with E-state index in [4.69, 9.17) is 0 Å². The summed E-state index contributed by atoms with van der Waals surface area (Å²) in [5.41, 5.74) is 12.2. The minimum absolute atomic E-state index is 0.0175. The van der Waals surface area contributed by atoms with E-state index >= 15 is 0 Å². The van der Waals surface area contributed by atoms with Crippen LogP contribution in [0.4, 0.5) is 0 Å². The fourth-order valence-corrected chi connectivity index (χ4v) is 18.9. The molecule has 4 atom stereocenters. The van der Waals surface area contributed by atoms with Crippen molar-refractivity contribution < 1.29 is 39.6 Å². The molecule has 0 spiro atoms. The Kier molecular flexibility index (Phi) is 25.0. The molecule has 0 radical (unpaired) electrons. The minimum Gasteiger partial charge on any atom is -0.481 e. The van der Waals surface area contributed by atoms with E-state index in [2.05, 4.69) is 68.5 Å². The molecule has 0 saturated heterocycles. The highest BCUT2D eigenvalue weighted by atomic mass is 32.1. The molecule has 4 aromatic carbocycles. The maximum Gasteiger partial charge on any atom is 0.332 e. The molecular formula is C93H96N16O16S. The van der Waals surface area contributed by atoms with E-state index in [-0.39, 0.29) is 74.2 Å². The van der Waals surface area contributed by atoms with Crippen molar-refractivity contribution in [3.05, 3.63) is 291 Å². The molecule has 12 aromatic heterocycles. The van der Waals surface area contributed by atoms with Gasteiger partial charge >= 0.3 is 46.6 Å². The number of aryl methyl sites for hydroxylation is 10. The van der Waals surface area contributed by atoms with Crippen molar-refractivity contribution in [3.63, 3.8) is 0 Å². The molecule has 33 heteroatoms. The predicted molar refractivity (Wildman–Crippen MR) is 483 cm³/mol. The van der Waals surface area contributed by atoms with Crippen molar-refractivity contribution in [3.8, 4) is 0 Å². The number of hydrogen-bond acceptors (Lipinski definition) is 18. The molecule has 1 aliphatic carbocycles. The molecule has 0 amide bonds. The fourth-order valence-electron chi connectivity index (χ4n) is 18.0. The largest absolute Gasteiger partial charge is 0.481 e. The molecular weight excluding hydrogens is 1630 g/mol. The van der Waals surface area contributed by atoms with Crippen molar-refractivity contribution in [2.45, 2.75) is 171 Å². The van der Waals surface area contributed by atoms with Crippen LogP contribution in [0, 0.1) is 54.4 Å². The van der Waals surface area contributed by atoms with Crippen molar-refractivity contribution in [2.75, 3.05) is 0 Å². The van der Waals surface area contributed by atoms with Gasteiger partial charge in [-0.1, -0.05) is 51.1 Å². The van der Waals surface area contributed by atoms with Crippen molar-refractivity contribution >= 4 is 122 Å². The lowest BCUT2D eigenvalue weighted by molar-refractivity contribution is -0.141. The predicted octanol–water partition coefficient (Wildman–Crippen LogP) is 12.0. The standard InChI is InChI=1S/C25H26N4O4.C24H26N4O4.C23H24N4O4.C21H20N4O4S/c1-14-9-15(2)22-17(12-27(3)20(22)10-14)13-28-18-5-4-8-26-23(18)24(32)29(25(28)33)19(11-21(30)31)16-6-7-16;1-5-17(11-20(29)30)28-23(31)22-18(7-6-8-25-22)27(24(28)32)13-16-12-26(4)19-10-14(2)9-15(3)21(16)19;1-4-16(10-20(28)29)27-22(30)17-8-9-24-11-19(17)26(23(27)31)13-15-12-25(3)18-7-5-6-14(2)21(15)18;1-4-15(20(27)28)25-19(26)13-9-22-6-5-16(13)24(21(25)29)10-14-18-12(3)7-11(2)8-17(18)30-23-14/h4-5,8-10,12,16,19H,6-7,11,13H2,1-3H3,(H,30,31);6-10,12,17H,5,11,13H2,1-4H3,(H,29,30);5-9,11-12,16H,4,10,13H2,1-3H3,(H,28,29);5-9,15H,4,10H2,1-3H3,(H,27,28)/t;17-;16-;15-/m.101/s1. The van der Waals surface area contributed by atoms with Crippen molar-refractivity contribution in [1.29, 1.82) is 0 Å². The third kappa shape index (κ3) is 16.8. The van der Waals surface area contributed by atoms with Gasteiger partial charge in [-0.05, 0) is 214 Å². The number of hydrogen-bond donors (Lipinski definition) is 4. The normalized spacial score (nSPS) is 13.1. The first kappa shape index (κ1) is 88.0. The van der Waals surface area contributed by atoms with Gasteiger partial charge in [0.25, 0.3) is 22.2 Å². The highest BCUT2D eigenvalue weighted by molar-refractivity contribution is 7.13. The molecule has 0 bridgehead atoms. The van der Waals surface area contributed by atoms with E-state index in [1.165, 1.54) is 62.4 Å². The Hall–Kier alpha value is -14.4. The SMILES string of the molecule is CC[C@@H](CC(=O)O)n1c(=O)c2ccncc2n(Cc2cn(C)c3cccc(C)c23)c1=O.CC[C@H](C(=O)O)n1c(=O)c2cnccc2n(Cc2nsc3cc(C)cc(C)c23)c1=O.CC[C@H](CC(=O)O)n1c(=O)c2ncccc2n(Cc2cn(C)c3cc(C)cc(C)c23)c1=O.Cc1cc(C)c2c(Cn3c(=O)n(C(CC(=O)O)C4CC4)c(=O)c4ncccc43)cn(C)c2c1. The Bertz CT molecular complexity index is 7650. The number of aromatic nitrogens is 16. The molecule has 1 saturated carbocycles. The Morgan fingerprint density at radius 2 is 0.857 bits per heavy atom. The van der Waals surface area contributed by atoms with Crippen LogP contribution in [-0.4, -0.2) is 119 Å². The van der Waals surface area contributed by atoms with Crippen LogP contribution >= 0.6 is 11.5 Å². The van der Waals surface area contributed by atoms with Crippen LogP contribution in [-0.2, 0) is 66.5 Å². The van der Waals surface area contributed by atoms with Gasteiger partial charge in [-0.2, -0.15) is 4.37 Å². The zero-order valence-corrected chi connectivity index (χ0v) is 72.8. The molecule has 16 aromatic rings. The average Bonchev–Trinajstić information content (AvgIpc) is 1.40. The third-order valence-corrected chi connectivity index (χ3v) is 24.6. The van der Waals surface area contributed by atoms with Gasteiger partial charge in [-0.25, -0.2) is 38.5 Å². The summed E-state index contributed by atoms with van der Waals surface area (Å²) in [6.45, 7) is 20.3. The van der Waals surface area contributed by atoms with E-state index in [9.17, 15) is 78.0 Å². The third-order valence-electron chi connectivity index (χ3n) is 23.8. The first-order chi connectivity index (χ1) is 60.1. The highest BCUT2D eigenvalue weighted by Gasteiger charge is 2.37. The quantitative estimate of drug-likeness (QED) is 0.0462. The molecule has 650 valence electrons. The minimum atomic E-state index is -1.25. The number of carboxylic acids is 4. The topological polar surface area (TPSA) is 404 Å². The van der Waals surface area contributed by atoms with Crippen molar-refractivity contribution in [1.82, 2.24) is 74.5 Å². The first-order valence-corrected chi connectivity index (χ1v) is 42.2. The molecule has 12 heterocycles. The fraction of sp³-hybridized carbons (Fsp3) is 0.323. The second-order valence-corrected chi connectivity index (χ2v) is 33.4. The van der Waals surface area contributed by atoms with Crippen LogP contribution in [0.3, 0.4) is 0 Å². The molecule has 1 unspecified atom stereocenters. The summed E-state index contributed by atoms with van der Waals surface area (Å²) in [4.78, 5) is 169. The number of pyridine rings is 4. The monoisotopic (exact) mass is 1720 g/mol. The molecule has 4 N–H and O–H groups in total. The van der Waals surface area contributed by atoms with Gasteiger partial charge in [0.2, 0.25) is 0 Å². The molecule has 17 rings (SSSR count). The summed E-state index contributed by atoms with van der Waals surface area (Å²) < 4.78 is 21.8. The summed E-state index contributed by atoms with van der Waals surface area (Å²) in [7, 11) is 5.90. The second kappa shape index (κ2) is 35.8. The summed E-state index contributed by atoms with van der Waals surface area (Å²) in [6.07, 6.45) is 16.5. The van der Waals surface area contributed by atoms with E-state index in [1.807, 2.05) is 112 Å². The number of aliphatic carboxylic acids is 4. The molecule has 126 heavy (non-hydrogen) atoms. The van der Waals surface area contributed by atoms with Crippen LogP contribution in [0.15, 0.2) is 185 Å². The van der Waals surface area contributed by atoms with Gasteiger partial charge in [0, 0.05) is 109 Å². The van der Waals surface area contributed by atoms with E-state index in [1.54, 1.807) is 61.7 Å². The van der Waals surface area contributed by atoms with E-state index < -0.39 is 93.0 Å². The Labute approximate surface area is 721 Å². The van der Waals surface area contributed by atoms with E-state index in [0.29, 0.717) is 46.0 Å². The van der Waals surface area contributed by atoms with Crippen molar-refractivity contribution in [2.24, 2.45) is 27.1 Å². The lowest BCUT2D eigenvalue weighted by Gasteiger charge is -2.20. The van der Waals surface area contributed by atoms with Gasteiger partial charge in [0.1, 0.15) is 6.04 Å². The number of carboxylic acid groups (broad SMARTS) is 4. The number of rotatable bonds is 23. The number of benzene rings is 4. The summed E-state index contributed by atoms with van der Waals surface area (Å²) in [5.74, 6) is -4.34. The zero-order chi connectivity index (χ0) is 90.5. The second-order valence-electron chi connectivity index (χ2n) is 32.6. The smallest absolute Gasteiger partial charge is 0.332 e. The summed E-state index contributed by atoms with van der Waals surface area (Å²) >= 11 is 1.36. The Morgan fingerprint density at radius 1 is 0.421 bits per heavy atom. The van der Waals surface area contributed by atoms with E-state index in [0.717, 1.165) is 130 Å². The highest BCUT2D eigenvalue weighted by Crippen LogP contribution is 2.41. The molecule has 0 aliphatic heterocycles. The number of nitrogens with zero attached hydrogens (tertiary/aromatic N) is 16. The summed E-state index contributed by atoms with van der Waals surface area (Å²) in [5, 5.41) is 42.3. The number of carbonyl (C=O) groups is 4. The van der Waals surface area contributed by atoms with Crippen LogP contribution < -0.4 is 45.0 Å². The zero-order valence-electron chi connectivity index (χ0n) is 72.0. The van der Waals surface area contributed by atoms with Gasteiger partial charge in [-0.15, -0.1) is 0 Å². The molecule has 32 nitrogen and oxygen atoms in total. The van der Waals surface area contributed by atoms with Gasteiger partial charge < -0.3 is 34.1 Å².